The molecule has 0 radical (unpaired) electrons. The second-order valence-electron chi connectivity index (χ2n) is 3.08. The van der Waals surface area contributed by atoms with Crippen LogP contribution in [0.1, 0.15) is 26.2 Å². The summed E-state index contributed by atoms with van der Waals surface area (Å²) in [6, 6.07) is 0. The summed E-state index contributed by atoms with van der Waals surface area (Å²) in [4.78, 5) is 10.8. The molecule has 0 aromatic rings. The normalized spacial score (nSPS) is 41.9. The van der Waals surface area contributed by atoms with Crippen LogP contribution in [0.5, 0.6) is 0 Å². The lowest BCUT2D eigenvalue weighted by atomic mass is 9.83. The van der Waals surface area contributed by atoms with Crippen molar-refractivity contribution in [2.45, 2.75) is 37.9 Å². The first kappa shape index (κ1) is 7.69. The Morgan fingerprint density at radius 3 is 2.70 bits per heavy atom. The van der Waals surface area contributed by atoms with Crippen LogP contribution < -0.4 is 0 Å². The lowest BCUT2D eigenvalue weighted by Gasteiger charge is -2.31. The number of hydrogen-bond donors (Lipinski definition) is 2. The molecule has 0 saturated heterocycles. The van der Waals surface area contributed by atoms with Gasteiger partial charge in [-0.1, -0.05) is 0 Å². The molecule has 0 aromatic carbocycles. The molecule has 0 heterocycles. The minimum Gasteiger partial charge on any atom is -0.387 e. The predicted octanol–water partition coefficient (Wildman–Crippen LogP) is -0.149. The molecule has 2 N–H and O–H groups in total. The van der Waals surface area contributed by atoms with Crippen LogP contribution in [0.4, 0.5) is 0 Å². The highest BCUT2D eigenvalue weighted by Gasteiger charge is 2.38. The van der Waals surface area contributed by atoms with Crippen LogP contribution in [0.2, 0.25) is 0 Å². The number of hydrogen-bond acceptors (Lipinski definition) is 3. The molecule has 1 fully saturated rings. The van der Waals surface area contributed by atoms with E-state index in [-0.39, 0.29) is 5.78 Å². The van der Waals surface area contributed by atoms with Gasteiger partial charge in [0.2, 0.25) is 0 Å². The number of Topliss-reactive ketones (excluding diaryl/α,β-unsaturated/α-hetero) is 1. The van der Waals surface area contributed by atoms with Gasteiger partial charge in [-0.15, -0.1) is 0 Å². The van der Waals surface area contributed by atoms with Crippen LogP contribution in [0, 0.1) is 0 Å². The molecule has 10 heavy (non-hydrogen) atoms. The zero-order valence-electron chi connectivity index (χ0n) is 6.00. The highest BCUT2D eigenvalue weighted by molar-refractivity contribution is 5.84. The standard InChI is InChI=1S/C7H12O3/c1-7(10)4-2-3-5(8)6(7)9/h6,9-10H,2-4H2,1H3/t6-,7+/m0/s1. The molecule has 0 bridgehead atoms. The maximum absolute atomic E-state index is 10.8. The summed E-state index contributed by atoms with van der Waals surface area (Å²) in [6.07, 6.45) is 0.432. The number of carbonyl (C=O) groups excluding carboxylic acids is 1. The van der Waals surface area contributed by atoms with E-state index in [0.29, 0.717) is 19.3 Å². The van der Waals surface area contributed by atoms with Gasteiger partial charge in [0.1, 0.15) is 6.10 Å². The molecule has 1 rings (SSSR count). The van der Waals surface area contributed by atoms with E-state index in [1.165, 1.54) is 6.92 Å². The van der Waals surface area contributed by atoms with Crippen molar-refractivity contribution in [1.82, 2.24) is 0 Å². The quantitative estimate of drug-likeness (QED) is 0.497. The minimum atomic E-state index is -1.19. The third-order valence-corrected chi connectivity index (χ3v) is 2.00. The Hall–Kier alpha value is -0.410. The van der Waals surface area contributed by atoms with E-state index in [1.54, 1.807) is 0 Å². The van der Waals surface area contributed by atoms with Gasteiger partial charge in [-0.25, -0.2) is 0 Å². The first-order valence-electron chi connectivity index (χ1n) is 3.47. The van der Waals surface area contributed by atoms with E-state index >= 15 is 0 Å². The highest BCUT2D eigenvalue weighted by atomic mass is 16.3. The molecule has 0 aliphatic heterocycles. The van der Waals surface area contributed by atoms with E-state index in [2.05, 4.69) is 0 Å². The molecule has 1 aliphatic rings. The second kappa shape index (κ2) is 2.32. The monoisotopic (exact) mass is 144 g/mol. The molecule has 0 unspecified atom stereocenters. The molecule has 3 nitrogen and oxygen atoms in total. The summed E-state index contributed by atoms with van der Waals surface area (Å²) in [5, 5.41) is 18.4. The van der Waals surface area contributed by atoms with Crippen LogP contribution in [0.3, 0.4) is 0 Å². The molecule has 58 valence electrons. The third-order valence-electron chi connectivity index (χ3n) is 2.00. The zero-order chi connectivity index (χ0) is 7.78. The molecule has 3 heteroatoms. The lowest BCUT2D eigenvalue weighted by Crippen LogP contribution is -2.47. The van der Waals surface area contributed by atoms with Gasteiger partial charge in [-0.05, 0) is 19.8 Å². The Labute approximate surface area is 59.7 Å². The fraction of sp³-hybridized carbons (Fsp3) is 0.857. The van der Waals surface area contributed by atoms with Gasteiger partial charge in [-0.2, -0.15) is 0 Å². The summed E-state index contributed by atoms with van der Waals surface area (Å²) < 4.78 is 0. The van der Waals surface area contributed by atoms with Gasteiger partial charge >= 0.3 is 0 Å². The Kier molecular flexibility index (Phi) is 1.79. The third kappa shape index (κ3) is 1.20. The number of ketones is 1. The minimum absolute atomic E-state index is 0.240. The highest BCUT2D eigenvalue weighted by Crippen LogP contribution is 2.25. The van der Waals surface area contributed by atoms with E-state index in [0.717, 1.165) is 0 Å². The zero-order valence-corrected chi connectivity index (χ0v) is 6.00. The van der Waals surface area contributed by atoms with Crippen molar-refractivity contribution < 1.29 is 15.0 Å². The van der Waals surface area contributed by atoms with Crippen molar-refractivity contribution >= 4 is 5.78 Å². The van der Waals surface area contributed by atoms with Gasteiger partial charge in [0.25, 0.3) is 0 Å². The fourth-order valence-electron chi connectivity index (χ4n) is 1.24. The van der Waals surface area contributed by atoms with Crippen LogP contribution in [-0.4, -0.2) is 27.7 Å². The molecule has 1 aliphatic carbocycles. The average Bonchev–Trinajstić information content (AvgIpc) is 1.83. The Morgan fingerprint density at radius 2 is 2.30 bits per heavy atom. The van der Waals surface area contributed by atoms with Crippen molar-refractivity contribution in [2.75, 3.05) is 0 Å². The number of aliphatic hydroxyl groups excluding tert-OH is 1. The molecule has 0 aromatic heterocycles. The largest absolute Gasteiger partial charge is 0.387 e. The van der Waals surface area contributed by atoms with Crippen molar-refractivity contribution in [1.29, 1.82) is 0 Å². The van der Waals surface area contributed by atoms with Gasteiger partial charge in [0.05, 0.1) is 5.60 Å². The summed E-state index contributed by atoms with van der Waals surface area (Å²) >= 11 is 0. The SMILES string of the molecule is C[C@@]1(O)CCCC(=O)[C@@H]1O. The van der Waals surface area contributed by atoms with Crippen molar-refractivity contribution in [3.63, 3.8) is 0 Å². The summed E-state index contributed by atoms with van der Waals surface area (Å²) in [5.74, 6) is -0.240. The molecular weight excluding hydrogens is 132 g/mol. The van der Waals surface area contributed by atoms with Crippen LogP contribution >= 0.6 is 0 Å². The van der Waals surface area contributed by atoms with Crippen LogP contribution in [-0.2, 0) is 4.79 Å². The Balaban J connectivity index is 2.69. The lowest BCUT2D eigenvalue weighted by molar-refractivity contribution is -0.148. The first-order valence-corrected chi connectivity index (χ1v) is 3.47. The van der Waals surface area contributed by atoms with Crippen LogP contribution in [0.25, 0.3) is 0 Å². The Bertz CT molecular complexity index is 151. The summed E-state index contributed by atoms with van der Waals surface area (Å²) in [7, 11) is 0. The van der Waals surface area contributed by atoms with E-state index < -0.39 is 11.7 Å². The topological polar surface area (TPSA) is 57.5 Å². The van der Waals surface area contributed by atoms with E-state index in [1.807, 2.05) is 0 Å². The number of aliphatic hydroxyl groups is 2. The van der Waals surface area contributed by atoms with Gasteiger partial charge in [-0.3, -0.25) is 4.79 Å². The van der Waals surface area contributed by atoms with E-state index in [4.69, 9.17) is 5.11 Å². The smallest absolute Gasteiger partial charge is 0.164 e. The Morgan fingerprint density at radius 1 is 1.70 bits per heavy atom. The summed E-state index contributed by atoms with van der Waals surface area (Å²) in [5.41, 5.74) is -1.19. The van der Waals surface area contributed by atoms with E-state index in [9.17, 15) is 9.90 Å². The molecule has 2 atom stereocenters. The second-order valence-corrected chi connectivity index (χ2v) is 3.08. The molecule has 0 amide bonds. The van der Waals surface area contributed by atoms with Crippen LogP contribution in [0.15, 0.2) is 0 Å². The fourth-order valence-corrected chi connectivity index (χ4v) is 1.24. The maximum Gasteiger partial charge on any atom is 0.164 e. The average molecular weight is 144 g/mol. The number of rotatable bonds is 0. The molecule has 0 spiro atoms. The van der Waals surface area contributed by atoms with Gasteiger partial charge in [0, 0.05) is 6.42 Å². The first-order chi connectivity index (χ1) is 4.54. The van der Waals surface area contributed by atoms with Gasteiger partial charge in [0.15, 0.2) is 5.78 Å². The summed E-state index contributed by atoms with van der Waals surface area (Å²) in [6.45, 7) is 1.49. The number of carbonyl (C=O) groups is 1. The molecule has 1 saturated carbocycles. The van der Waals surface area contributed by atoms with Crippen molar-refractivity contribution in [2.24, 2.45) is 0 Å². The van der Waals surface area contributed by atoms with Gasteiger partial charge < -0.3 is 10.2 Å². The molecular formula is C7H12O3. The van der Waals surface area contributed by atoms with Crippen molar-refractivity contribution in [3.05, 3.63) is 0 Å². The predicted molar refractivity (Wildman–Crippen MR) is 35.5 cm³/mol. The maximum atomic E-state index is 10.8. The van der Waals surface area contributed by atoms with Crippen molar-refractivity contribution in [3.8, 4) is 0 Å².